The van der Waals surface area contributed by atoms with Gasteiger partial charge in [-0.1, -0.05) is 24.3 Å². The number of thiocarbonyl (C=S) groups is 1. The van der Waals surface area contributed by atoms with Crippen molar-refractivity contribution in [2.45, 2.75) is 6.42 Å². The highest BCUT2D eigenvalue weighted by atomic mass is 32.1. The molecule has 5 heteroatoms. The van der Waals surface area contributed by atoms with Gasteiger partial charge >= 0.3 is 0 Å². The van der Waals surface area contributed by atoms with Crippen LogP contribution in [0.5, 0.6) is 11.5 Å². The predicted octanol–water partition coefficient (Wildman–Crippen LogP) is 2.93. The Kier molecular flexibility index (Phi) is 5.40. The standard InChI is InChI=1S/C16H18N2O2S/c1-20-15-5-3-2-4-14(15)18-16(21)17-11-10-12-6-8-13(19)9-7-12/h2-9,19H,10-11H2,1H3,(H2,17,18,21). The molecule has 0 aliphatic rings. The van der Waals surface area contributed by atoms with E-state index in [1.54, 1.807) is 19.2 Å². The van der Waals surface area contributed by atoms with Crippen LogP contribution in [0, 0.1) is 0 Å². The summed E-state index contributed by atoms with van der Waals surface area (Å²) in [7, 11) is 1.63. The molecule has 110 valence electrons. The van der Waals surface area contributed by atoms with Crippen molar-refractivity contribution in [2.75, 3.05) is 19.0 Å². The molecule has 21 heavy (non-hydrogen) atoms. The predicted molar refractivity (Wildman–Crippen MR) is 89.0 cm³/mol. The molecule has 0 radical (unpaired) electrons. The number of anilines is 1. The Hall–Kier alpha value is -2.27. The SMILES string of the molecule is COc1ccccc1NC(=S)NCCc1ccc(O)cc1. The first kappa shape index (κ1) is 15.1. The van der Waals surface area contributed by atoms with Gasteiger partial charge in [0.1, 0.15) is 11.5 Å². The van der Waals surface area contributed by atoms with Crippen molar-refractivity contribution in [2.24, 2.45) is 0 Å². The third-order valence-electron chi connectivity index (χ3n) is 2.99. The Labute approximate surface area is 129 Å². The molecular formula is C16H18N2O2S. The van der Waals surface area contributed by atoms with Crippen molar-refractivity contribution in [1.82, 2.24) is 5.32 Å². The summed E-state index contributed by atoms with van der Waals surface area (Å²) in [5.74, 6) is 1.03. The molecule has 0 atom stereocenters. The quantitative estimate of drug-likeness (QED) is 0.742. The lowest BCUT2D eigenvalue weighted by atomic mass is 10.1. The average molecular weight is 302 g/mol. The number of phenols is 1. The minimum atomic E-state index is 0.278. The molecule has 4 nitrogen and oxygen atoms in total. The molecule has 2 aromatic rings. The molecule has 0 saturated heterocycles. The summed E-state index contributed by atoms with van der Waals surface area (Å²) >= 11 is 5.26. The second-order valence-corrected chi connectivity index (χ2v) is 4.91. The number of benzene rings is 2. The van der Waals surface area contributed by atoms with Crippen molar-refractivity contribution in [3.63, 3.8) is 0 Å². The van der Waals surface area contributed by atoms with Crippen molar-refractivity contribution in [3.05, 3.63) is 54.1 Å². The fourth-order valence-electron chi connectivity index (χ4n) is 1.90. The van der Waals surface area contributed by atoms with Crippen LogP contribution in [0.2, 0.25) is 0 Å². The first-order valence-electron chi connectivity index (χ1n) is 6.65. The van der Waals surface area contributed by atoms with E-state index in [-0.39, 0.29) is 5.75 Å². The van der Waals surface area contributed by atoms with E-state index in [9.17, 15) is 5.11 Å². The van der Waals surface area contributed by atoms with Crippen LogP contribution in [-0.4, -0.2) is 23.9 Å². The zero-order valence-electron chi connectivity index (χ0n) is 11.8. The lowest BCUT2D eigenvalue weighted by Gasteiger charge is -2.13. The van der Waals surface area contributed by atoms with Gasteiger partial charge in [0, 0.05) is 6.54 Å². The van der Waals surface area contributed by atoms with E-state index >= 15 is 0 Å². The third-order valence-corrected chi connectivity index (χ3v) is 3.24. The van der Waals surface area contributed by atoms with Gasteiger partial charge in [0.05, 0.1) is 12.8 Å². The molecule has 0 fully saturated rings. The normalized spacial score (nSPS) is 9.95. The van der Waals surface area contributed by atoms with Crippen LogP contribution >= 0.6 is 12.2 Å². The minimum Gasteiger partial charge on any atom is -0.508 e. The fraction of sp³-hybridized carbons (Fsp3) is 0.188. The lowest BCUT2D eigenvalue weighted by Crippen LogP contribution is -2.30. The molecule has 2 rings (SSSR count). The summed E-state index contributed by atoms with van der Waals surface area (Å²) in [6.07, 6.45) is 0.827. The van der Waals surface area contributed by atoms with Gasteiger partial charge < -0.3 is 20.5 Å². The molecule has 0 saturated carbocycles. The van der Waals surface area contributed by atoms with E-state index in [1.165, 1.54) is 0 Å². The average Bonchev–Trinajstić information content (AvgIpc) is 2.50. The van der Waals surface area contributed by atoms with Gasteiger partial charge in [-0.25, -0.2) is 0 Å². The van der Waals surface area contributed by atoms with E-state index in [4.69, 9.17) is 17.0 Å². The second kappa shape index (κ2) is 7.50. The van der Waals surface area contributed by atoms with Crippen molar-refractivity contribution in [1.29, 1.82) is 0 Å². The van der Waals surface area contributed by atoms with Crippen molar-refractivity contribution in [3.8, 4) is 11.5 Å². The number of methoxy groups -OCH3 is 1. The molecule has 0 aromatic heterocycles. The Morgan fingerprint density at radius 2 is 1.86 bits per heavy atom. The van der Waals surface area contributed by atoms with Crippen LogP contribution in [0.4, 0.5) is 5.69 Å². The zero-order chi connectivity index (χ0) is 15.1. The van der Waals surface area contributed by atoms with Crippen LogP contribution in [0.1, 0.15) is 5.56 Å². The monoisotopic (exact) mass is 302 g/mol. The van der Waals surface area contributed by atoms with E-state index in [1.807, 2.05) is 36.4 Å². The second-order valence-electron chi connectivity index (χ2n) is 4.50. The first-order valence-corrected chi connectivity index (χ1v) is 7.05. The number of phenolic OH excluding ortho intramolecular Hbond substituents is 1. The van der Waals surface area contributed by atoms with Gasteiger partial charge in [-0.3, -0.25) is 0 Å². The number of para-hydroxylation sites is 2. The summed E-state index contributed by atoms with van der Waals surface area (Å²) in [6.45, 7) is 0.714. The Balaban J connectivity index is 1.81. The summed E-state index contributed by atoms with van der Waals surface area (Å²) in [6, 6.07) is 14.8. The van der Waals surface area contributed by atoms with Crippen LogP contribution < -0.4 is 15.4 Å². The smallest absolute Gasteiger partial charge is 0.170 e. The molecule has 0 aliphatic heterocycles. The van der Waals surface area contributed by atoms with Crippen LogP contribution in [0.3, 0.4) is 0 Å². The number of hydrogen-bond acceptors (Lipinski definition) is 3. The maximum Gasteiger partial charge on any atom is 0.170 e. The maximum absolute atomic E-state index is 9.23. The third kappa shape index (κ3) is 4.65. The van der Waals surface area contributed by atoms with Crippen molar-refractivity contribution >= 4 is 23.0 Å². The maximum atomic E-state index is 9.23. The molecule has 0 unspecified atom stereocenters. The molecule has 3 N–H and O–H groups in total. The summed E-state index contributed by atoms with van der Waals surface area (Å²) in [5.41, 5.74) is 1.97. The Morgan fingerprint density at radius 3 is 2.57 bits per heavy atom. The van der Waals surface area contributed by atoms with Crippen LogP contribution in [0.15, 0.2) is 48.5 Å². The number of aromatic hydroxyl groups is 1. The molecule has 0 spiro atoms. The van der Waals surface area contributed by atoms with E-state index in [0.717, 1.165) is 23.4 Å². The van der Waals surface area contributed by atoms with Gasteiger partial charge in [-0.2, -0.15) is 0 Å². The highest BCUT2D eigenvalue weighted by Crippen LogP contribution is 2.22. The zero-order valence-corrected chi connectivity index (χ0v) is 12.6. The summed E-state index contributed by atoms with van der Waals surface area (Å²) in [4.78, 5) is 0. The molecule has 0 aliphatic carbocycles. The lowest BCUT2D eigenvalue weighted by molar-refractivity contribution is 0.417. The van der Waals surface area contributed by atoms with Crippen molar-refractivity contribution < 1.29 is 9.84 Å². The van der Waals surface area contributed by atoms with Gasteiger partial charge in [0.2, 0.25) is 0 Å². The summed E-state index contributed by atoms with van der Waals surface area (Å²) < 4.78 is 5.26. The summed E-state index contributed by atoms with van der Waals surface area (Å²) in [5, 5.41) is 16.0. The number of nitrogens with one attached hydrogen (secondary N) is 2. The van der Waals surface area contributed by atoms with Gasteiger partial charge in [0.25, 0.3) is 0 Å². The first-order chi connectivity index (χ1) is 10.2. The Bertz CT molecular complexity index is 599. The topological polar surface area (TPSA) is 53.5 Å². The molecule has 2 aromatic carbocycles. The molecule has 0 bridgehead atoms. The fourth-order valence-corrected chi connectivity index (χ4v) is 2.11. The molecular weight excluding hydrogens is 284 g/mol. The molecule has 0 heterocycles. The van der Waals surface area contributed by atoms with E-state index in [0.29, 0.717) is 11.7 Å². The van der Waals surface area contributed by atoms with E-state index < -0.39 is 0 Å². The largest absolute Gasteiger partial charge is 0.508 e. The number of hydrogen-bond donors (Lipinski definition) is 3. The van der Waals surface area contributed by atoms with Gasteiger partial charge in [-0.15, -0.1) is 0 Å². The van der Waals surface area contributed by atoms with Gasteiger partial charge in [-0.05, 0) is 48.5 Å². The number of ether oxygens (including phenoxy) is 1. The van der Waals surface area contributed by atoms with Crippen LogP contribution in [0.25, 0.3) is 0 Å². The highest BCUT2D eigenvalue weighted by molar-refractivity contribution is 7.80. The van der Waals surface area contributed by atoms with Gasteiger partial charge in [0.15, 0.2) is 5.11 Å². The Morgan fingerprint density at radius 1 is 1.14 bits per heavy atom. The van der Waals surface area contributed by atoms with Crippen LogP contribution in [-0.2, 0) is 6.42 Å². The highest BCUT2D eigenvalue weighted by Gasteiger charge is 2.03. The van der Waals surface area contributed by atoms with E-state index in [2.05, 4.69) is 10.6 Å². The molecule has 0 amide bonds. The minimum absolute atomic E-state index is 0.278. The number of rotatable bonds is 5.